The molecule has 8 heteroatoms. The van der Waals surface area contributed by atoms with Crippen molar-refractivity contribution in [2.75, 3.05) is 18.8 Å². The van der Waals surface area contributed by atoms with E-state index in [2.05, 4.69) is 4.72 Å². The van der Waals surface area contributed by atoms with Gasteiger partial charge in [-0.3, -0.25) is 4.72 Å². The quantitative estimate of drug-likeness (QED) is 0.835. The van der Waals surface area contributed by atoms with Gasteiger partial charge in [0, 0.05) is 14.1 Å². The molecule has 0 aliphatic rings. The maximum absolute atomic E-state index is 12.3. The highest BCUT2D eigenvalue weighted by Crippen LogP contribution is 2.23. The first-order valence-electron chi connectivity index (χ1n) is 7.41. The van der Waals surface area contributed by atoms with E-state index in [1.807, 2.05) is 6.07 Å². The maximum Gasteiger partial charge on any atom is 0.255 e. The molecule has 2 aromatic carbocycles. The van der Waals surface area contributed by atoms with Crippen LogP contribution in [0.4, 0.5) is 5.69 Å². The Morgan fingerprint density at radius 2 is 1.60 bits per heavy atom. The van der Waals surface area contributed by atoms with Crippen LogP contribution in [0.1, 0.15) is 11.1 Å². The van der Waals surface area contributed by atoms with E-state index in [1.54, 1.807) is 37.3 Å². The highest BCUT2D eigenvalue weighted by Gasteiger charge is 2.20. The molecule has 0 unspecified atom stereocenters. The zero-order valence-corrected chi connectivity index (χ0v) is 15.8. The molecule has 134 valence electrons. The summed E-state index contributed by atoms with van der Waals surface area (Å²) in [5.74, 6) is 0. The van der Waals surface area contributed by atoms with Gasteiger partial charge in [0.1, 0.15) is 0 Å². The Kier molecular flexibility index (Phi) is 5.66. The van der Waals surface area contributed by atoms with Gasteiger partial charge in [0.2, 0.25) is 10.0 Å². The Labute approximate surface area is 148 Å². The Hall–Kier alpha value is -2.16. The van der Waals surface area contributed by atoms with Crippen molar-refractivity contribution in [2.24, 2.45) is 0 Å². The molecule has 0 heterocycles. The third kappa shape index (κ3) is 4.91. The van der Waals surface area contributed by atoms with Crippen molar-refractivity contribution in [3.05, 3.63) is 65.1 Å². The van der Waals surface area contributed by atoms with E-state index in [0.717, 1.165) is 15.3 Å². The number of nitrogens with one attached hydrogen (secondary N) is 1. The summed E-state index contributed by atoms with van der Waals surface area (Å²) in [5.41, 5.74) is 1.47. The standard InChI is InChI=1S/C17H20N2O4S2/c1-14-9-10-16(13-17(14)25(22,23)19(2)3)18-24(20,21)12-11-15-7-5-4-6-8-15/h4-13,18H,1-3H3. The van der Waals surface area contributed by atoms with Gasteiger partial charge in [0.25, 0.3) is 10.0 Å². The van der Waals surface area contributed by atoms with Crippen molar-refractivity contribution >= 4 is 31.8 Å². The molecule has 0 saturated carbocycles. The molecule has 0 spiro atoms. The Morgan fingerprint density at radius 3 is 2.20 bits per heavy atom. The third-order valence-electron chi connectivity index (χ3n) is 3.45. The van der Waals surface area contributed by atoms with Gasteiger partial charge in [-0.25, -0.2) is 21.1 Å². The lowest BCUT2D eigenvalue weighted by molar-refractivity contribution is 0.520. The minimum atomic E-state index is -3.77. The molecule has 0 bridgehead atoms. The van der Waals surface area contributed by atoms with E-state index >= 15 is 0 Å². The van der Waals surface area contributed by atoms with E-state index in [4.69, 9.17) is 0 Å². The highest BCUT2D eigenvalue weighted by atomic mass is 32.2. The minimum absolute atomic E-state index is 0.0599. The van der Waals surface area contributed by atoms with E-state index in [0.29, 0.717) is 5.56 Å². The van der Waals surface area contributed by atoms with Crippen LogP contribution >= 0.6 is 0 Å². The molecule has 1 N–H and O–H groups in total. The summed E-state index contributed by atoms with van der Waals surface area (Å²) < 4.78 is 52.5. The van der Waals surface area contributed by atoms with Crippen molar-refractivity contribution in [3.63, 3.8) is 0 Å². The Balaban J connectivity index is 2.30. The molecular formula is C17H20N2O4S2. The number of benzene rings is 2. The fraction of sp³-hybridized carbons (Fsp3) is 0.176. The number of hydrogen-bond donors (Lipinski definition) is 1. The average Bonchev–Trinajstić information content (AvgIpc) is 2.55. The van der Waals surface area contributed by atoms with Crippen molar-refractivity contribution < 1.29 is 16.8 Å². The monoisotopic (exact) mass is 380 g/mol. The van der Waals surface area contributed by atoms with E-state index in [1.165, 1.54) is 32.3 Å². The molecule has 2 aromatic rings. The van der Waals surface area contributed by atoms with Crippen molar-refractivity contribution in [2.45, 2.75) is 11.8 Å². The molecule has 6 nitrogen and oxygen atoms in total. The molecule has 0 amide bonds. The van der Waals surface area contributed by atoms with Crippen LogP contribution in [0.2, 0.25) is 0 Å². The number of rotatable bonds is 6. The Bertz CT molecular complexity index is 981. The van der Waals surface area contributed by atoms with E-state index < -0.39 is 20.0 Å². The Morgan fingerprint density at radius 1 is 0.960 bits per heavy atom. The summed E-state index contributed by atoms with van der Waals surface area (Å²) in [6, 6.07) is 13.4. The van der Waals surface area contributed by atoms with Gasteiger partial charge in [-0.1, -0.05) is 36.4 Å². The smallest absolute Gasteiger partial charge is 0.255 e. The predicted octanol–water partition coefficient (Wildman–Crippen LogP) is 2.66. The van der Waals surface area contributed by atoms with Crippen molar-refractivity contribution in [1.29, 1.82) is 0 Å². The van der Waals surface area contributed by atoms with Crippen molar-refractivity contribution in [3.8, 4) is 0 Å². The molecule has 0 aliphatic carbocycles. The molecule has 0 aliphatic heterocycles. The lowest BCUT2D eigenvalue weighted by atomic mass is 10.2. The molecule has 2 rings (SSSR count). The van der Waals surface area contributed by atoms with Gasteiger partial charge < -0.3 is 0 Å². The lowest BCUT2D eigenvalue weighted by Gasteiger charge is -2.15. The van der Waals surface area contributed by atoms with Crippen LogP contribution < -0.4 is 4.72 Å². The lowest BCUT2D eigenvalue weighted by Crippen LogP contribution is -2.23. The summed E-state index contributed by atoms with van der Waals surface area (Å²) >= 11 is 0. The molecule has 0 radical (unpaired) electrons. The van der Waals surface area contributed by atoms with Gasteiger partial charge in [0.05, 0.1) is 16.0 Å². The van der Waals surface area contributed by atoms with Gasteiger partial charge in [-0.2, -0.15) is 0 Å². The molecule has 25 heavy (non-hydrogen) atoms. The van der Waals surface area contributed by atoms with Crippen LogP contribution in [-0.4, -0.2) is 35.2 Å². The van der Waals surface area contributed by atoms with Gasteiger partial charge in [0.15, 0.2) is 0 Å². The van der Waals surface area contributed by atoms with Gasteiger partial charge in [-0.15, -0.1) is 0 Å². The van der Waals surface area contributed by atoms with E-state index in [-0.39, 0.29) is 10.6 Å². The zero-order chi connectivity index (χ0) is 18.7. The van der Waals surface area contributed by atoms with Gasteiger partial charge in [-0.05, 0) is 36.3 Å². The fourth-order valence-corrected chi connectivity index (χ4v) is 4.07. The number of anilines is 1. The molecule has 0 saturated heterocycles. The second kappa shape index (κ2) is 7.38. The zero-order valence-electron chi connectivity index (χ0n) is 14.2. The number of aryl methyl sites for hydroxylation is 1. The first-order valence-corrected chi connectivity index (χ1v) is 10.4. The normalized spacial score (nSPS) is 12.6. The number of nitrogens with zero attached hydrogens (tertiary/aromatic N) is 1. The minimum Gasteiger partial charge on any atom is -0.280 e. The highest BCUT2D eigenvalue weighted by molar-refractivity contribution is 7.95. The van der Waals surface area contributed by atoms with Crippen LogP contribution in [0.5, 0.6) is 0 Å². The van der Waals surface area contributed by atoms with Crippen LogP contribution in [0, 0.1) is 6.92 Å². The first kappa shape index (κ1) is 19.2. The fourth-order valence-electron chi connectivity index (χ4n) is 2.07. The SMILES string of the molecule is Cc1ccc(NS(=O)(=O)C=Cc2ccccc2)cc1S(=O)(=O)N(C)C. The maximum atomic E-state index is 12.3. The van der Waals surface area contributed by atoms with Crippen LogP contribution in [0.3, 0.4) is 0 Å². The number of hydrogen-bond acceptors (Lipinski definition) is 4. The second-order valence-electron chi connectivity index (χ2n) is 5.63. The van der Waals surface area contributed by atoms with Crippen LogP contribution in [0.25, 0.3) is 6.08 Å². The second-order valence-corrected chi connectivity index (χ2v) is 9.31. The van der Waals surface area contributed by atoms with Crippen LogP contribution in [-0.2, 0) is 20.0 Å². The molecule has 0 aromatic heterocycles. The average molecular weight is 380 g/mol. The summed E-state index contributed by atoms with van der Waals surface area (Å²) in [6.45, 7) is 1.66. The third-order valence-corrected chi connectivity index (χ3v) is 6.42. The summed E-state index contributed by atoms with van der Waals surface area (Å²) in [4.78, 5) is 0.0599. The summed E-state index contributed by atoms with van der Waals surface area (Å²) in [7, 11) is -4.58. The van der Waals surface area contributed by atoms with Crippen LogP contribution in [0.15, 0.2) is 58.8 Å². The van der Waals surface area contributed by atoms with Crippen molar-refractivity contribution in [1.82, 2.24) is 4.31 Å². The predicted molar refractivity (Wildman–Crippen MR) is 100 cm³/mol. The molecule has 0 atom stereocenters. The van der Waals surface area contributed by atoms with Gasteiger partial charge >= 0.3 is 0 Å². The summed E-state index contributed by atoms with van der Waals surface area (Å²) in [6.07, 6.45) is 1.47. The topological polar surface area (TPSA) is 83.5 Å². The molecule has 0 fully saturated rings. The summed E-state index contributed by atoms with van der Waals surface area (Å²) in [5, 5.41) is 1.04. The van der Waals surface area contributed by atoms with E-state index in [9.17, 15) is 16.8 Å². The largest absolute Gasteiger partial charge is 0.280 e. The first-order chi connectivity index (χ1) is 11.6. The molecular weight excluding hydrogens is 360 g/mol. The number of sulfonamides is 2.